The number of allylic oxidation sites excluding steroid dienone is 1. The van der Waals surface area contributed by atoms with E-state index in [1.54, 1.807) is 6.08 Å². The highest BCUT2D eigenvalue weighted by atomic mass is 19.1. The fourth-order valence-electron chi connectivity index (χ4n) is 3.20. The van der Waals surface area contributed by atoms with Gasteiger partial charge in [0.1, 0.15) is 0 Å². The molecule has 0 heterocycles. The molecule has 0 radical (unpaired) electrons. The Hall–Kier alpha value is -1.62. The summed E-state index contributed by atoms with van der Waals surface area (Å²) >= 11 is 0. The second-order valence-electron chi connectivity index (χ2n) is 5.74. The van der Waals surface area contributed by atoms with Crippen LogP contribution in [0.25, 0.3) is 0 Å². The summed E-state index contributed by atoms with van der Waals surface area (Å²) in [6.45, 7) is 0. The van der Waals surface area contributed by atoms with Crippen molar-refractivity contribution in [3.63, 3.8) is 0 Å². The molecular formula is C18H22FN. The Morgan fingerprint density at radius 1 is 1.15 bits per heavy atom. The van der Waals surface area contributed by atoms with Crippen LogP contribution in [-0.2, 0) is 0 Å². The normalized spacial score (nSPS) is 22.8. The van der Waals surface area contributed by atoms with Crippen LogP contribution in [0.3, 0.4) is 0 Å². The molecule has 1 fully saturated rings. The minimum Gasteiger partial charge on any atom is -0.216 e. The van der Waals surface area contributed by atoms with Crippen molar-refractivity contribution in [1.29, 1.82) is 5.26 Å². The molecule has 1 aliphatic rings. The van der Waals surface area contributed by atoms with E-state index in [9.17, 15) is 4.39 Å². The molecule has 1 aromatic carbocycles. The summed E-state index contributed by atoms with van der Waals surface area (Å²) in [5.41, 5.74) is 2.12. The van der Waals surface area contributed by atoms with Gasteiger partial charge in [-0.25, -0.2) is 4.39 Å². The molecule has 0 aliphatic heterocycles. The minimum atomic E-state index is 0.655. The molecule has 1 saturated carbocycles. The highest BCUT2D eigenvalue weighted by Crippen LogP contribution is 2.37. The summed E-state index contributed by atoms with van der Waals surface area (Å²) < 4.78 is 11.9. The van der Waals surface area contributed by atoms with Crippen LogP contribution in [-0.4, -0.2) is 0 Å². The predicted octanol–water partition coefficient (Wildman–Crippen LogP) is 5.49. The van der Waals surface area contributed by atoms with E-state index in [-0.39, 0.29) is 0 Å². The zero-order valence-corrected chi connectivity index (χ0v) is 11.9. The lowest BCUT2D eigenvalue weighted by Crippen LogP contribution is -2.13. The number of rotatable bonds is 5. The Bertz CT molecular complexity index is 461. The molecule has 20 heavy (non-hydrogen) atoms. The van der Waals surface area contributed by atoms with Gasteiger partial charge in [-0.05, 0) is 68.1 Å². The van der Waals surface area contributed by atoms with E-state index in [0.29, 0.717) is 12.2 Å². The molecule has 0 bridgehead atoms. The SMILES string of the molecule is N#Cc1ccc([C@H]2CC[C@H](CCCC=CF)CC2)cc1. The van der Waals surface area contributed by atoms with Gasteiger partial charge in [0.05, 0.1) is 18.0 Å². The molecule has 0 amide bonds. The van der Waals surface area contributed by atoms with Crippen LogP contribution in [0.1, 0.15) is 62.0 Å². The van der Waals surface area contributed by atoms with Crippen molar-refractivity contribution in [2.75, 3.05) is 0 Å². The number of nitriles is 1. The predicted molar refractivity (Wildman–Crippen MR) is 80.0 cm³/mol. The van der Waals surface area contributed by atoms with Crippen molar-refractivity contribution in [2.24, 2.45) is 5.92 Å². The zero-order valence-electron chi connectivity index (χ0n) is 11.9. The van der Waals surface area contributed by atoms with E-state index < -0.39 is 0 Å². The monoisotopic (exact) mass is 271 g/mol. The smallest absolute Gasteiger partial charge is 0.0991 e. The van der Waals surface area contributed by atoms with Crippen LogP contribution in [0, 0.1) is 17.2 Å². The average Bonchev–Trinajstić information content (AvgIpc) is 2.52. The number of unbranched alkanes of at least 4 members (excludes halogenated alkanes) is 1. The van der Waals surface area contributed by atoms with E-state index in [4.69, 9.17) is 5.26 Å². The second kappa shape index (κ2) is 7.85. The molecule has 2 heteroatoms. The molecule has 0 saturated heterocycles. The maximum absolute atomic E-state index is 11.9. The van der Waals surface area contributed by atoms with Crippen molar-refractivity contribution in [3.8, 4) is 6.07 Å². The summed E-state index contributed by atoms with van der Waals surface area (Å²) in [6, 6.07) is 10.2. The van der Waals surface area contributed by atoms with Crippen LogP contribution in [0.5, 0.6) is 0 Å². The van der Waals surface area contributed by atoms with Crippen LogP contribution in [0.4, 0.5) is 4.39 Å². The topological polar surface area (TPSA) is 23.8 Å². The summed E-state index contributed by atoms with van der Waals surface area (Å²) in [7, 11) is 0. The molecule has 0 spiro atoms. The van der Waals surface area contributed by atoms with Gasteiger partial charge in [0.25, 0.3) is 0 Å². The van der Waals surface area contributed by atoms with Gasteiger partial charge < -0.3 is 0 Å². The summed E-state index contributed by atoms with van der Waals surface area (Å²) in [4.78, 5) is 0. The van der Waals surface area contributed by atoms with Crippen LogP contribution in [0.2, 0.25) is 0 Å². The van der Waals surface area contributed by atoms with Crippen LogP contribution >= 0.6 is 0 Å². The molecular weight excluding hydrogens is 249 g/mol. The first-order valence-electron chi connectivity index (χ1n) is 7.58. The standard InChI is InChI=1S/C18H22FN/c19-13-3-1-2-4-15-5-9-17(10-6-15)18-11-7-16(14-20)8-12-18/h3,7-8,11-13,15,17H,1-2,4-6,9-10H2/t15-,17-. The highest BCUT2D eigenvalue weighted by molar-refractivity contribution is 5.33. The van der Waals surface area contributed by atoms with Crippen molar-refractivity contribution in [3.05, 3.63) is 47.8 Å². The van der Waals surface area contributed by atoms with Gasteiger partial charge in [-0.15, -0.1) is 0 Å². The number of benzene rings is 1. The fourth-order valence-corrected chi connectivity index (χ4v) is 3.20. The van der Waals surface area contributed by atoms with E-state index in [1.807, 2.05) is 12.1 Å². The van der Waals surface area contributed by atoms with Crippen molar-refractivity contribution >= 4 is 0 Å². The van der Waals surface area contributed by atoms with E-state index >= 15 is 0 Å². The van der Waals surface area contributed by atoms with Crippen molar-refractivity contribution in [1.82, 2.24) is 0 Å². The van der Waals surface area contributed by atoms with Gasteiger partial charge in [0.15, 0.2) is 0 Å². The Balaban J connectivity index is 1.77. The van der Waals surface area contributed by atoms with E-state index in [0.717, 1.165) is 24.3 Å². The van der Waals surface area contributed by atoms with Gasteiger partial charge in [0, 0.05) is 0 Å². The number of nitrogens with zero attached hydrogens (tertiary/aromatic N) is 1. The number of hydrogen-bond acceptors (Lipinski definition) is 1. The third kappa shape index (κ3) is 4.20. The molecule has 2 rings (SSSR count). The summed E-state index contributed by atoms with van der Waals surface area (Å²) in [5.74, 6) is 1.47. The quantitative estimate of drug-likeness (QED) is 0.650. The fraction of sp³-hybridized carbons (Fsp3) is 0.500. The molecule has 0 N–H and O–H groups in total. The molecule has 1 nitrogen and oxygen atoms in total. The Morgan fingerprint density at radius 3 is 2.45 bits per heavy atom. The zero-order chi connectivity index (χ0) is 14.2. The van der Waals surface area contributed by atoms with Gasteiger partial charge in [-0.1, -0.05) is 24.6 Å². The van der Waals surface area contributed by atoms with Crippen LogP contribution < -0.4 is 0 Å². The van der Waals surface area contributed by atoms with E-state index in [1.165, 1.54) is 37.7 Å². The molecule has 0 unspecified atom stereocenters. The van der Waals surface area contributed by atoms with E-state index in [2.05, 4.69) is 18.2 Å². The van der Waals surface area contributed by atoms with Crippen LogP contribution in [0.15, 0.2) is 36.7 Å². The number of hydrogen-bond donors (Lipinski definition) is 0. The maximum atomic E-state index is 11.9. The van der Waals surface area contributed by atoms with Crippen molar-refractivity contribution < 1.29 is 4.39 Å². The first kappa shape index (κ1) is 14.8. The second-order valence-corrected chi connectivity index (χ2v) is 5.74. The maximum Gasteiger partial charge on any atom is 0.0991 e. The third-order valence-electron chi connectivity index (χ3n) is 4.43. The molecule has 0 aromatic heterocycles. The summed E-state index contributed by atoms with van der Waals surface area (Å²) in [5, 5.41) is 8.82. The average molecular weight is 271 g/mol. The molecule has 1 aromatic rings. The first-order chi connectivity index (χ1) is 9.83. The number of halogens is 1. The lowest BCUT2D eigenvalue weighted by molar-refractivity contribution is 0.305. The highest BCUT2D eigenvalue weighted by Gasteiger charge is 2.21. The Kier molecular flexibility index (Phi) is 5.80. The molecule has 0 atom stereocenters. The van der Waals surface area contributed by atoms with Gasteiger partial charge >= 0.3 is 0 Å². The third-order valence-corrected chi connectivity index (χ3v) is 4.43. The van der Waals surface area contributed by atoms with Gasteiger partial charge in [-0.2, -0.15) is 5.26 Å². The largest absolute Gasteiger partial charge is 0.216 e. The molecule has 106 valence electrons. The Morgan fingerprint density at radius 2 is 1.85 bits per heavy atom. The molecule has 1 aliphatic carbocycles. The lowest BCUT2D eigenvalue weighted by atomic mass is 9.77. The lowest BCUT2D eigenvalue weighted by Gasteiger charge is -2.28. The summed E-state index contributed by atoms with van der Waals surface area (Å²) in [6.07, 6.45) is 10.5. The first-order valence-corrected chi connectivity index (χ1v) is 7.58. The van der Waals surface area contributed by atoms with Gasteiger partial charge in [-0.3, -0.25) is 0 Å². The minimum absolute atomic E-state index is 0.655. The Labute approximate surface area is 121 Å². The van der Waals surface area contributed by atoms with Crippen molar-refractivity contribution in [2.45, 2.75) is 50.9 Å². The van der Waals surface area contributed by atoms with Gasteiger partial charge in [0.2, 0.25) is 0 Å².